The highest BCUT2D eigenvalue weighted by Gasteiger charge is 2.55. The van der Waals surface area contributed by atoms with Gasteiger partial charge in [-0.05, 0) is 171 Å². The molecule has 1 aromatic carbocycles. The van der Waals surface area contributed by atoms with E-state index in [1.165, 1.54) is 79.8 Å². The summed E-state index contributed by atoms with van der Waals surface area (Å²) in [5.41, 5.74) is 23.5. The molecule has 2 aliphatic heterocycles. The Hall–Kier alpha value is -6.00. The molecule has 0 saturated carbocycles. The lowest BCUT2D eigenvalue weighted by molar-refractivity contribution is 0.144. The van der Waals surface area contributed by atoms with Gasteiger partial charge in [0.2, 0.25) is 0 Å². The Morgan fingerprint density at radius 2 is 1.54 bits per heavy atom. The Labute approximate surface area is 415 Å². The Morgan fingerprint density at radius 1 is 0.686 bits per heavy atom. The maximum absolute atomic E-state index is 7.22. The van der Waals surface area contributed by atoms with E-state index in [1.807, 2.05) is 0 Å². The van der Waals surface area contributed by atoms with Crippen LogP contribution < -0.4 is 4.90 Å². The third-order valence-corrected chi connectivity index (χ3v) is 19.2. The van der Waals surface area contributed by atoms with Gasteiger partial charge >= 0.3 is 0 Å². The molecule has 14 aliphatic rings. The van der Waals surface area contributed by atoms with Crippen molar-refractivity contribution in [2.75, 3.05) is 4.90 Å². The third-order valence-electron chi connectivity index (χ3n) is 19.2. The first-order valence-electron chi connectivity index (χ1n) is 27.3. The van der Waals surface area contributed by atoms with Crippen molar-refractivity contribution in [3.05, 3.63) is 223 Å². The molecule has 9 atom stereocenters. The van der Waals surface area contributed by atoms with E-state index < -0.39 is 0 Å². The predicted octanol–water partition coefficient (Wildman–Crippen LogP) is 15.3. The maximum Gasteiger partial charge on any atom is 0.143 e. The van der Waals surface area contributed by atoms with Crippen molar-refractivity contribution in [3.63, 3.8) is 0 Å². The number of anilines is 1. The van der Waals surface area contributed by atoms with Gasteiger partial charge in [-0.3, -0.25) is 0 Å². The minimum Gasteiger partial charge on any atom is -0.487 e. The highest BCUT2D eigenvalue weighted by molar-refractivity contribution is 5.73. The molecular formula is C66H66N2O2. The smallest absolute Gasteiger partial charge is 0.143 e. The van der Waals surface area contributed by atoms with E-state index >= 15 is 0 Å². The van der Waals surface area contributed by atoms with Gasteiger partial charge in [0, 0.05) is 63.9 Å². The second kappa shape index (κ2) is 15.8. The fraction of sp³-hybridized carbons (Fsp3) is 0.394. The molecule has 12 aliphatic carbocycles. The van der Waals surface area contributed by atoms with Crippen LogP contribution in [0.15, 0.2) is 212 Å². The monoisotopic (exact) mass is 919 g/mol. The van der Waals surface area contributed by atoms with Crippen LogP contribution in [0.5, 0.6) is 0 Å². The lowest BCUT2D eigenvalue weighted by Crippen LogP contribution is -2.49. The van der Waals surface area contributed by atoms with Crippen molar-refractivity contribution >= 4 is 11.8 Å². The van der Waals surface area contributed by atoms with Crippen LogP contribution in [0.4, 0.5) is 5.69 Å². The van der Waals surface area contributed by atoms with E-state index in [4.69, 9.17) is 9.47 Å². The van der Waals surface area contributed by atoms with Crippen molar-refractivity contribution < 1.29 is 9.47 Å². The Kier molecular flexibility index (Phi) is 9.39. The average molecular weight is 919 g/mol. The van der Waals surface area contributed by atoms with Gasteiger partial charge in [-0.25, -0.2) is 0 Å². The molecule has 0 fully saturated rings. The van der Waals surface area contributed by atoms with E-state index in [-0.39, 0.29) is 35.5 Å². The van der Waals surface area contributed by atoms with Crippen LogP contribution in [0, 0.1) is 40.9 Å². The molecule has 4 nitrogen and oxygen atoms in total. The Morgan fingerprint density at radius 3 is 2.50 bits per heavy atom. The Balaban J connectivity index is 0.940. The first-order valence-corrected chi connectivity index (χ1v) is 27.3. The molecular weight excluding hydrogens is 853 g/mol. The van der Waals surface area contributed by atoms with Crippen LogP contribution in [0.25, 0.3) is 6.08 Å². The largest absolute Gasteiger partial charge is 0.487 e. The first kappa shape index (κ1) is 41.8. The van der Waals surface area contributed by atoms with Crippen molar-refractivity contribution in [3.8, 4) is 0 Å². The molecule has 15 rings (SSSR count). The lowest BCUT2D eigenvalue weighted by Gasteiger charge is -2.56. The van der Waals surface area contributed by atoms with Gasteiger partial charge in [0.1, 0.15) is 23.7 Å². The molecule has 0 N–H and O–H groups in total. The normalized spacial score (nSPS) is 34.0. The van der Waals surface area contributed by atoms with E-state index in [9.17, 15) is 0 Å². The Bertz CT molecular complexity index is 3120. The summed E-state index contributed by atoms with van der Waals surface area (Å²) in [6.07, 6.45) is 61.3. The standard InChI is InChI=1S/C66H66N2O2/c1-39-36-57(67(53-26-12-18-40-16-4-6-20-44(40)53)55-28-14-24-48-46-22-8-10-30-59(46)69-64(48)55)51-38-52-61-42(34-35-66(52,2)3)37-58(50-33-32-43(39)62(51)63(50)61)68(54-27-13-19-41-17-5-7-21-45(41)54)56-29-15-25-49-47-23-9-11-31-60(47)70-65(49)56/h5-6,9-11,13,15,17,19-20,23,25-28,30-33,36-38,43,46-47,50,56,59-60,62-63H,4,7-8,12,14,16,18,21-22,24,29,34-35H2,1-3H3. The van der Waals surface area contributed by atoms with E-state index in [0.717, 1.165) is 77.0 Å². The second-order valence-electron chi connectivity index (χ2n) is 23.3. The summed E-state index contributed by atoms with van der Waals surface area (Å²) in [7, 11) is 0. The summed E-state index contributed by atoms with van der Waals surface area (Å²) in [5.74, 6) is 4.21. The topological polar surface area (TPSA) is 24.9 Å². The number of nitrogens with zero attached hydrogens (tertiary/aromatic N) is 2. The highest BCUT2D eigenvalue weighted by atomic mass is 16.5. The lowest BCUT2D eigenvalue weighted by atomic mass is 9.51. The van der Waals surface area contributed by atoms with Gasteiger partial charge in [-0.1, -0.05) is 128 Å². The van der Waals surface area contributed by atoms with E-state index in [0.29, 0.717) is 23.7 Å². The fourth-order valence-electron chi connectivity index (χ4n) is 15.9. The maximum atomic E-state index is 7.22. The number of rotatable bonds is 6. The number of hydrogen-bond donors (Lipinski definition) is 0. The summed E-state index contributed by atoms with van der Waals surface area (Å²) < 4.78 is 14.4. The summed E-state index contributed by atoms with van der Waals surface area (Å²) >= 11 is 0. The van der Waals surface area contributed by atoms with Crippen molar-refractivity contribution in [1.82, 2.24) is 4.90 Å². The van der Waals surface area contributed by atoms with Crippen LogP contribution in [0.1, 0.15) is 109 Å². The number of fused-ring (bicyclic) bond motifs is 5. The molecule has 0 aromatic heterocycles. The highest BCUT2D eigenvalue weighted by Crippen LogP contribution is 2.64. The van der Waals surface area contributed by atoms with Crippen LogP contribution in [-0.2, 0) is 15.9 Å². The first-order chi connectivity index (χ1) is 34.4. The molecule has 352 valence electrons. The molecule has 0 amide bonds. The molecule has 0 spiro atoms. The molecule has 1 aromatic rings. The fourth-order valence-corrected chi connectivity index (χ4v) is 15.9. The summed E-state index contributed by atoms with van der Waals surface area (Å²) in [4.78, 5) is 5.60. The summed E-state index contributed by atoms with van der Waals surface area (Å²) in [6.45, 7) is 7.54. The number of hydrogen-bond acceptors (Lipinski definition) is 4. The van der Waals surface area contributed by atoms with E-state index in [1.54, 1.807) is 27.9 Å². The summed E-state index contributed by atoms with van der Waals surface area (Å²) in [6, 6.07) is 7.16. The molecule has 0 saturated heterocycles. The van der Waals surface area contributed by atoms with Gasteiger partial charge in [0.25, 0.3) is 0 Å². The minimum atomic E-state index is 0.0469. The van der Waals surface area contributed by atoms with Crippen LogP contribution in [0.2, 0.25) is 0 Å². The second-order valence-corrected chi connectivity index (χ2v) is 23.3. The average Bonchev–Trinajstić information content (AvgIpc) is 3.98. The molecule has 0 radical (unpaired) electrons. The molecule has 2 heterocycles. The van der Waals surface area contributed by atoms with Gasteiger partial charge in [0.15, 0.2) is 0 Å². The SMILES string of the molecule is CC1=CC(N(C2=CCCC3=C2C=CCC3)C2=CCCC3=C2OC2C=CCCC32)=C2C=C3C4=C(C=C(N(c5cccc6c5CCC=C6)C5CC=CC6=C5OC5C=CC=CC65)C5C=CC1C2C45)CCC3(C)C. The molecule has 4 heteroatoms. The van der Waals surface area contributed by atoms with Crippen molar-refractivity contribution in [2.45, 2.75) is 122 Å². The minimum absolute atomic E-state index is 0.0469. The van der Waals surface area contributed by atoms with E-state index in [2.05, 4.69) is 164 Å². The summed E-state index contributed by atoms with van der Waals surface area (Å²) in [5, 5.41) is 0. The zero-order valence-corrected chi connectivity index (χ0v) is 41.3. The third kappa shape index (κ3) is 6.07. The molecule has 70 heavy (non-hydrogen) atoms. The quantitative estimate of drug-likeness (QED) is 0.266. The molecule has 9 unspecified atom stereocenters. The van der Waals surface area contributed by atoms with Gasteiger partial charge in [0.05, 0.1) is 11.7 Å². The predicted molar refractivity (Wildman–Crippen MR) is 283 cm³/mol. The zero-order valence-electron chi connectivity index (χ0n) is 41.3. The zero-order chi connectivity index (χ0) is 46.4. The van der Waals surface area contributed by atoms with Gasteiger partial charge in [-0.2, -0.15) is 0 Å². The number of allylic oxidation sites excluding steroid dienone is 20. The van der Waals surface area contributed by atoms with Crippen LogP contribution in [0.3, 0.4) is 0 Å². The van der Waals surface area contributed by atoms with Gasteiger partial charge in [-0.15, -0.1) is 0 Å². The van der Waals surface area contributed by atoms with Crippen molar-refractivity contribution in [1.29, 1.82) is 0 Å². The van der Waals surface area contributed by atoms with Crippen LogP contribution >= 0.6 is 0 Å². The van der Waals surface area contributed by atoms with Crippen molar-refractivity contribution in [2.24, 2.45) is 40.9 Å². The molecule has 0 bridgehead atoms. The van der Waals surface area contributed by atoms with Crippen LogP contribution in [-0.4, -0.2) is 23.1 Å². The number of ether oxygens (including phenoxy) is 2. The van der Waals surface area contributed by atoms with Gasteiger partial charge < -0.3 is 19.3 Å². The number of benzene rings is 1.